The Hall–Kier alpha value is -2.04. The Balaban J connectivity index is 1.75. The summed E-state index contributed by atoms with van der Waals surface area (Å²) in [5.74, 6) is 0. The molecule has 0 saturated heterocycles. The molecule has 0 amide bonds. The maximum absolute atomic E-state index is 13.7. The van der Waals surface area contributed by atoms with Crippen LogP contribution < -0.4 is 11.1 Å². The minimum absolute atomic E-state index is 0.0227. The highest BCUT2D eigenvalue weighted by Gasteiger charge is 2.25. The minimum Gasteiger partial charge on any atom is -0.273 e. The molecule has 0 bridgehead atoms. The molecular formula is C22H6Br2N2O2S3. The summed E-state index contributed by atoms with van der Waals surface area (Å²) < 4.78 is 9.29. The predicted octanol–water partition coefficient (Wildman–Crippen LogP) is 7.26. The van der Waals surface area contributed by atoms with Crippen molar-refractivity contribution in [2.24, 2.45) is 0 Å². The van der Waals surface area contributed by atoms with Crippen molar-refractivity contribution in [3.05, 3.63) is 64.7 Å². The van der Waals surface area contributed by atoms with Gasteiger partial charge in [0.15, 0.2) is 0 Å². The quantitative estimate of drug-likeness (QED) is 0.176. The van der Waals surface area contributed by atoms with Crippen molar-refractivity contribution in [2.75, 3.05) is 0 Å². The summed E-state index contributed by atoms with van der Waals surface area (Å²) in [6, 6.07) is 8.08. The maximum Gasteiger partial charge on any atom is 0.273 e. The van der Waals surface area contributed by atoms with E-state index < -0.39 is 0 Å². The zero-order chi connectivity index (χ0) is 20.8. The van der Waals surface area contributed by atoms with E-state index in [1.165, 1.54) is 11.3 Å². The molecule has 0 radical (unpaired) electrons. The summed E-state index contributed by atoms with van der Waals surface area (Å²) in [6.07, 6.45) is 0. The molecule has 0 aliphatic heterocycles. The van der Waals surface area contributed by atoms with Gasteiger partial charge in [-0.15, -0.1) is 34.0 Å². The van der Waals surface area contributed by atoms with Gasteiger partial charge in [-0.2, -0.15) is 0 Å². The van der Waals surface area contributed by atoms with Crippen LogP contribution in [0.25, 0.3) is 62.4 Å². The first-order valence-electron chi connectivity index (χ1n) is 9.31. The lowest BCUT2D eigenvalue weighted by Crippen LogP contribution is -2.13. The molecular weight excluding hydrogens is 580 g/mol. The Morgan fingerprint density at radius 3 is 2.00 bits per heavy atom. The normalized spacial score (nSPS) is 13.1. The molecule has 0 aliphatic carbocycles. The predicted molar refractivity (Wildman–Crippen MR) is 140 cm³/mol. The van der Waals surface area contributed by atoms with Crippen LogP contribution in [0.3, 0.4) is 0 Å². The third kappa shape index (κ3) is 1.85. The van der Waals surface area contributed by atoms with Crippen molar-refractivity contribution >= 4 is 128 Å². The third-order valence-electron chi connectivity index (χ3n) is 6.17. The first kappa shape index (κ1) is 17.5. The fourth-order valence-electron chi connectivity index (χ4n) is 4.96. The second-order valence-electron chi connectivity index (χ2n) is 7.60. The number of rotatable bonds is 0. The molecule has 148 valence electrons. The van der Waals surface area contributed by atoms with Crippen molar-refractivity contribution in [1.82, 2.24) is 8.80 Å². The van der Waals surface area contributed by atoms with Crippen molar-refractivity contribution in [2.45, 2.75) is 0 Å². The Morgan fingerprint density at radius 1 is 0.710 bits per heavy atom. The van der Waals surface area contributed by atoms with Crippen LogP contribution in [0, 0.1) is 0 Å². The second kappa shape index (κ2) is 5.47. The molecule has 0 atom stereocenters. The van der Waals surface area contributed by atoms with Gasteiger partial charge in [-0.05, 0) is 50.1 Å². The average molecular weight is 586 g/mol. The van der Waals surface area contributed by atoms with E-state index in [-0.39, 0.29) is 11.1 Å². The lowest BCUT2D eigenvalue weighted by molar-refractivity contribution is 1.20. The highest BCUT2D eigenvalue weighted by atomic mass is 79.9. The first-order chi connectivity index (χ1) is 15.0. The van der Waals surface area contributed by atoms with Crippen molar-refractivity contribution in [3.8, 4) is 0 Å². The summed E-state index contributed by atoms with van der Waals surface area (Å²) in [4.78, 5) is 27.3. The van der Waals surface area contributed by atoms with Crippen LogP contribution >= 0.6 is 65.9 Å². The molecule has 0 aliphatic rings. The van der Waals surface area contributed by atoms with Crippen LogP contribution in [-0.4, -0.2) is 8.80 Å². The molecule has 9 heteroatoms. The van der Waals surface area contributed by atoms with Crippen LogP contribution in [0.15, 0.2) is 53.6 Å². The maximum atomic E-state index is 13.7. The zero-order valence-corrected chi connectivity index (χ0v) is 20.8. The van der Waals surface area contributed by atoms with E-state index in [0.717, 1.165) is 61.3 Å². The van der Waals surface area contributed by atoms with Gasteiger partial charge in [0.25, 0.3) is 11.1 Å². The molecule has 4 nitrogen and oxygen atoms in total. The number of nitrogens with zero attached hydrogens (tertiary/aromatic N) is 2. The lowest BCUT2D eigenvalue weighted by atomic mass is 10.0. The lowest BCUT2D eigenvalue weighted by Gasteiger charge is -2.06. The van der Waals surface area contributed by atoms with Crippen LogP contribution in [0.5, 0.6) is 0 Å². The molecule has 31 heavy (non-hydrogen) atoms. The Morgan fingerprint density at radius 2 is 1.29 bits per heavy atom. The fraction of sp³-hybridized carbons (Fsp3) is 0. The minimum atomic E-state index is -0.0374. The Kier molecular flexibility index (Phi) is 3.09. The summed E-state index contributed by atoms with van der Waals surface area (Å²) in [6.45, 7) is 0. The molecule has 7 aromatic heterocycles. The number of hydrogen-bond acceptors (Lipinski definition) is 5. The molecule has 0 N–H and O–H groups in total. The zero-order valence-electron chi connectivity index (χ0n) is 15.2. The number of fused-ring (bicyclic) bond motifs is 8. The standard InChI is InChI=1S/C22H6Br2N2O2S3/c23-9-5-29-13-3-11-7-1-2-8-16-15(7)20(22(28)25(11)17(9)13)31-19(16)12-4-14-18(10(24)6-30-14)26(12)21(8)27/h1-6H. The van der Waals surface area contributed by atoms with Gasteiger partial charge in [0, 0.05) is 32.3 Å². The average Bonchev–Trinajstić information content (AvgIpc) is 3.53. The van der Waals surface area contributed by atoms with E-state index >= 15 is 0 Å². The van der Waals surface area contributed by atoms with Gasteiger partial charge in [-0.25, -0.2) is 0 Å². The van der Waals surface area contributed by atoms with Gasteiger partial charge < -0.3 is 0 Å². The summed E-state index contributed by atoms with van der Waals surface area (Å²) in [5.41, 5.74) is 3.53. The topological polar surface area (TPSA) is 43.0 Å². The molecule has 1 aromatic carbocycles. The van der Waals surface area contributed by atoms with Gasteiger partial charge in [-0.1, -0.05) is 6.07 Å². The Labute approximate surface area is 200 Å². The number of thiophene rings is 3. The first-order valence-corrected chi connectivity index (χ1v) is 13.5. The smallest absolute Gasteiger partial charge is 0.273 e. The second-order valence-corrected chi connectivity index (χ2v) is 12.2. The number of halogens is 2. The van der Waals surface area contributed by atoms with E-state index in [1.54, 1.807) is 27.1 Å². The van der Waals surface area contributed by atoms with E-state index in [0.29, 0.717) is 10.1 Å². The van der Waals surface area contributed by atoms with Crippen LogP contribution in [0.1, 0.15) is 0 Å². The third-order valence-corrected chi connectivity index (χ3v) is 11.0. The van der Waals surface area contributed by atoms with E-state index in [4.69, 9.17) is 0 Å². The highest BCUT2D eigenvalue weighted by molar-refractivity contribution is 9.11. The number of hydrogen-bond donors (Lipinski definition) is 0. The van der Waals surface area contributed by atoms with E-state index in [2.05, 4.69) is 44.0 Å². The monoisotopic (exact) mass is 584 g/mol. The van der Waals surface area contributed by atoms with E-state index in [9.17, 15) is 9.59 Å². The summed E-state index contributed by atoms with van der Waals surface area (Å²) >= 11 is 11.9. The Bertz CT molecular complexity index is 2180. The fourth-order valence-corrected chi connectivity index (χ4v) is 9.50. The molecule has 8 aromatic rings. The van der Waals surface area contributed by atoms with Gasteiger partial charge >= 0.3 is 0 Å². The van der Waals surface area contributed by atoms with E-state index in [1.807, 2.05) is 27.3 Å². The summed E-state index contributed by atoms with van der Waals surface area (Å²) in [7, 11) is 0. The van der Waals surface area contributed by atoms with Crippen LogP contribution in [0.4, 0.5) is 0 Å². The molecule has 0 spiro atoms. The number of benzene rings is 1. The molecule has 0 saturated carbocycles. The molecule has 0 unspecified atom stereocenters. The van der Waals surface area contributed by atoms with Gasteiger partial charge in [0.1, 0.15) is 4.70 Å². The number of pyridine rings is 2. The van der Waals surface area contributed by atoms with Gasteiger partial charge in [-0.3, -0.25) is 18.4 Å². The highest BCUT2D eigenvalue weighted by Crippen LogP contribution is 2.45. The SMILES string of the molecule is O=c1c2sc3c4c(ccc(c24)c2cc4scc(Br)c4n12)c(=O)n1c3cc2scc(Br)c21. The van der Waals surface area contributed by atoms with Crippen molar-refractivity contribution in [3.63, 3.8) is 0 Å². The van der Waals surface area contributed by atoms with Crippen LogP contribution in [0.2, 0.25) is 0 Å². The van der Waals surface area contributed by atoms with Crippen molar-refractivity contribution < 1.29 is 0 Å². The largest absolute Gasteiger partial charge is 0.273 e. The van der Waals surface area contributed by atoms with Gasteiger partial charge in [0.2, 0.25) is 0 Å². The van der Waals surface area contributed by atoms with Crippen LogP contribution in [-0.2, 0) is 0 Å². The molecule has 7 heterocycles. The molecule has 0 fully saturated rings. The van der Waals surface area contributed by atoms with Crippen molar-refractivity contribution in [1.29, 1.82) is 0 Å². The number of aromatic nitrogens is 2. The molecule has 8 rings (SSSR count). The summed E-state index contributed by atoms with van der Waals surface area (Å²) in [5, 5.41) is 7.54. The van der Waals surface area contributed by atoms with Gasteiger partial charge in [0.05, 0.1) is 45.1 Å².